The van der Waals surface area contributed by atoms with Gasteiger partial charge in [0, 0.05) is 23.5 Å². The molecule has 1 aromatic heterocycles. The molecule has 0 amide bonds. The standard InChI is InChI=1S/C12H10FN2/c1-8-5-10(13)6-11-12(8)9(7-15-11)3-2-4-14/h5-7,15H,1-3H2. The lowest BCUT2D eigenvalue weighted by Gasteiger charge is -2.00. The van der Waals surface area contributed by atoms with E-state index in [0.29, 0.717) is 18.4 Å². The molecule has 1 heterocycles. The first kappa shape index (κ1) is 9.72. The zero-order chi connectivity index (χ0) is 10.8. The summed E-state index contributed by atoms with van der Waals surface area (Å²) in [6.07, 6.45) is 2.95. The van der Waals surface area contributed by atoms with Crippen molar-refractivity contribution in [1.82, 2.24) is 4.98 Å². The Balaban J connectivity index is 2.55. The van der Waals surface area contributed by atoms with Crippen LogP contribution in [0.5, 0.6) is 0 Å². The highest BCUT2D eigenvalue weighted by Crippen LogP contribution is 2.24. The highest BCUT2D eigenvalue weighted by Gasteiger charge is 2.07. The molecular weight excluding hydrogens is 191 g/mol. The minimum absolute atomic E-state index is 0.291. The molecule has 0 spiro atoms. The van der Waals surface area contributed by atoms with Crippen molar-refractivity contribution in [3.05, 3.63) is 42.2 Å². The number of nitriles is 1. The molecule has 1 N–H and O–H groups in total. The third-order valence-electron chi connectivity index (χ3n) is 2.41. The summed E-state index contributed by atoms with van der Waals surface area (Å²) in [4.78, 5) is 2.99. The van der Waals surface area contributed by atoms with Gasteiger partial charge >= 0.3 is 0 Å². The average Bonchev–Trinajstić information content (AvgIpc) is 2.58. The lowest BCUT2D eigenvalue weighted by molar-refractivity contribution is 0.629. The Bertz CT molecular complexity index is 534. The Kier molecular flexibility index (Phi) is 2.42. The van der Waals surface area contributed by atoms with Crippen LogP contribution in [-0.2, 0) is 6.42 Å². The summed E-state index contributed by atoms with van der Waals surface area (Å²) in [5.41, 5.74) is 2.43. The fraction of sp³-hybridized carbons (Fsp3) is 0.167. The van der Waals surface area contributed by atoms with E-state index in [1.54, 1.807) is 0 Å². The number of hydrogen-bond acceptors (Lipinski definition) is 1. The maximum atomic E-state index is 13.0. The number of fused-ring (bicyclic) bond motifs is 1. The van der Waals surface area contributed by atoms with Crippen LogP contribution in [0, 0.1) is 24.1 Å². The zero-order valence-electron chi connectivity index (χ0n) is 8.18. The van der Waals surface area contributed by atoms with Crippen molar-refractivity contribution in [2.24, 2.45) is 0 Å². The molecular formula is C12H10FN2. The largest absolute Gasteiger partial charge is 0.361 e. The number of aromatic amines is 1. The van der Waals surface area contributed by atoms with Crippen LogP contribution < -0.4 is 0 Å². The highest BCUT2D eigenvalue weighted by molar-refractivity contribution is 5.87. The predicted octanol–water partition coefficient (Wildman–Crippen LogP) is 2.95. The summed E-state index contributed by atoms with van der Waals surface area (Å²) in [5, 5.41) is 9.45. The van der Waals surface area contributed by atoms with Crippen molar-refractivity contribution in [2.75, 3.05) is 0 Å². The molecule has 0 bridgehead atoms. The second kappa shape index (κ2) is 3.74. The number of halogens is 1. The first-order valence-electron chi connectivity index (χ1n) is 4.71. The molecule has 0 aliphatic carbocycles. The van der Waals surface area contributed by atoms with Crippen molar-refractivity contribution >= 4 is 10.9 Å². The number of H-pyrrole nitrogens is 1. The summed E-state index contributed by atoms with van der Waals surface area (Å²) in [6, 6.07) is 4.95. The molecule has 0 aliphatic rings. The van der Waals surface area contributed by atoms with Crippen LogP contribution in [0.15, 0.2) is 18.3 Å². The molecule has 1 radical (unpaired) electrons. The number of nitrogens with zero attached hydrogens (tertiary/aromatic N) is 1. The molecule has 0 unspecified atom stereocenters. The Morgan fingerprint density at radius 3 is 3.00 bits per heavy atom. The molecule has 15 heavy (non-hydrogen) atoms. The quantitative estimate of drug-likeness (QED) is 0.797. The van der Waals surface area contributed by atoms with E-state index in [0.717, 1.165) is 16.5 Å². The van der Waals surface area contributed by atoms with Crippen LogP contribution in [0.1, 0.15) is 17.5 Å². The normalized spacial score (nSPS) is 10.5. The van der Waals surface area contributed by atoms with Crippen molar-refractivity contribution < 1.29 is 4.39 Å². The fourth-order valence-corrected chi connectivity index (χ4v) is 1.78. The Hall–Kier alpha value is -1.82. The van der Waals surface area contributed by atoms with E-state index in [4.69, 9.17) is 5.26 Å². The van der Waals surface area contributed by atoms with Gasteiger partial charge in [-0.1, -0.05) is 0 Å². The average molecular weight is 201 g/mol. The van der Waals surface area contributed by atoms with Gasteiger partial charge in [-0.3, -0.25) is 0 Å². The molecule has 2 aromatic rings. The number of nitrogens with one attached hydrogen (secondary N) is 1. The molecule has 1 aromatic carbocycles. The second-order valence-corrected chi connectivity index (χ2v) is 3.46. The second-order valence-electron chi connectivity index (χ2n) is 3.46. The third kappa shape index (κ3) is 1.71. The Labute approximate surface area is 87.3 Å². The summed E-state index contributed by atoms with van der Waals surface area (Å²) in [7, 11) is 0. The summed E-state index contributed by atoms with van der Waals surface area (Å²) < 4.78 is 13.0. The number of aryl methyl sites for hydroxylation is 1. The van der Waals surface area contributed by atoms with Gasteiger partial charge in [-0.05, 0) is 36.6 Å². The Morgan fingerprint density at radius 1 is 1.47 bits per heavy atom. The lowest BCUT2D eigenvalue weighted by Crippen LogP contribution is -1.85. The van der Waals surface area contributed by atoms with Gasteiger partial charge < -0.3 is 4.98 Å². The molecule has 3 heteroatoms. The molecule has 75 valence electrons. The Morgan fingerprint density at radius 2 is 2.27 bits per heavy atom. The van der Waals surface area contributed by atoms with Crippen molar-refractivity contribution in [2.45, 2.75) is 12.8 Å². The van der Waals surface area contributed by atoms with Gasteiger partial charge in [0.25, 0.3) is 0 Å². The third-order valence-corrected chi connectivity index (χ3v) is 2.41. The van der Waals surface area contributed by atoms with Gasteiger partial charge in [-0.2, -0.15) is 5.26 Å². The van der Waals surface area contributed by atoms with E-state index >= 15 is 0 Å². The van der Waals surface area contributed by atoms with Gasteiger partial charge in [-0.15, -0.1) is 0 Å². The summed E-state index contributed by atoms with van der Waals surface area (Å²) >= 11 is 0. The van der Waals surface area contributed by atoms with Crippen LogP contribution in [-0.4, -0.2) is 4.98 Å². The molecule has 0 saturated carbocycles. The highest BCUT2D eigenvalue weighted by atomic mass is 19.1. The minimum atomic E-state index is -0.291. The van der Waals surface area contributed by atoms with Crippen molar-refractivity contribution in [3.63, 3.8) is 0 Å². The number of benzene rings is 1. The smallest absolute Gasteiger partial charge is 0.125 e. The SMILES string of the molecule is [CH2]c1cc(F)cc2[nH]cc(CCC#N)c12. The number of aromatic nitrogens is 1. The summed E-state index contributed by atoms with van der Waals surface area (Å²) in [6.45, 7) is 3.81. The van der Waals surface area contributed by atoms with Gasteiger partial charge in [-0.25, -0.2) is 4.39 Å². The van der Waals surface area contributed by atoms with Crippen LogP contribution in [0.3, 0.4) is 0 Å². The minimum Gasteiger partial charge on any atom is -0.361 e. The first-order chi connectivity index (χ1) is 7.22. The first-order valence-corrected chi connectivity index (χ1v) is 4.71. The molecule has 2 rings (SSSR count). The van der Waals surface area contributed by atoms with Crippen molar-refractivity contribution in [1.29, 1.82) is 5.26 Å². The van der Waals surface area contributed by atoms with Gasteiger partial charge in [0.15, 0.2) is 0 Å². The maximum Gasteiger partial charge on any atom is 0.125 e. The van der Waals surface area contributed by atoms with Gasteiger partial charge in [0.05, 0.1) is 6.07 Å². The predicted molar refractivity (Wildman–Crippen MR) is 56.6 cm³/mol. The van der Waals surface area contributed by atoms with E-state index in [1.807, 2.05) is 6.20 Å². The van der Waals surface area contributed by atoms with Crippen LogP contribution in [0.2, 0.25) is 0 Å². The van der Waals surface area contributed by atoms with E-state index in [-0.39, 0.29) is 5.82 Å². The lowest BCUT2D eigenvalue weighted by atomic mass is 10.0. The molecule has 0 aliphatic heterocycles. The van der Waals surface area contributed by atoms with Crippen LogP contribution in [0.25, 0.3) is 10.9 Å². The monoisotopic (exact) mass is 201 g/mol. The van der Waals surface area contributed by atoms with Crippen molar-refractivity contribution in [3.8, 4) is 6.07 Å². The van der Waals surface area contributed by atoms with E-state index in [2.05, 4.69) is 18.0 Å². The molecule has 0 saturated heterocycles. The van der Waals surface area contributed by atoms with Crippen LogP contribution >= 0.6 is 0 Å². The van der Waals surface area contributed by atoms with Gasteiger partial charge in [0.2, 0.25) is 0 Å². The van der Waals surface area contributed by atoms with Gasteiger partial charge in [0.1, 0.15) is 5.82 Å². The van der Waals surface area contributed by atoms with E-state index in [9.17, 15) is 4.39 Å². The summed E-state index contributed by atoms with van der Waals surface area (Å²) in [5.74, 6) is -0.291. The maximum absolute atomic E-state index is 13.0. The van der Waals surface area contributed by atoms with Crippen LogP contribution in [0.4, 0.5) is 4.39 Å². The zero-order valence-corrected chi connectivity index (χ0v) is 8.18. The molecule has 0 atom stereocenters. The molecule has 2 nitrogen and oxygen atoms in total. The molecule has 0 fully saturated rings. The number of rotatable bonds is 2. The number of hydrogen-bond donors (Lipinski definition) is 1. The van der Waals surface area contributed by atoms with E-state index in [1.165, 1.54) is 12.1 Å². The topological polar surface area (TPSA) is 39.6 Å². The van der Waals surface area contributed by atoms with E-state index < -0.39 is 0 Å². The fourth-order valence-electron chi connectivity index (χ4n) is 1.78.